The minimum Gasteiger partial charge on any atom is -0.486 e. The van der Waals surface area contributed by atoms with Crippen LogP contribution in [0.15, 0.2) is 88.4 Å². The van der Waals surface area contributed by atoms with E-state index in [1.807, 2.05) is 42.5 Å². The Morgan fingerprint density at radius 1 is 1.00 bits per heavy atom. The quantitative estimate of drug-likeness (QED) is 0.322. The summed E-state index contributed by atoms with van der Waals surface area (Å²) in [6, 6.07) is 23.0. The molecule has 0 aliphatic carbocycles. The topological polar surface area (TPSA) is 75.9 Å². The maximum Gasteiger partial charge on any atom is 0.259 e. The summed E-state index contributed by atoms with van der Waals surface area (Å²) in [5.74, 6) is 0.988. The van der Waals surface area contributed by atoms with Crippen LogP contribution in [0.1, 0.15) is 11.5 Å². The van der Waals surface area contributed by atoms with Crippen LogP contribution in [0, 0.1) is 5.82 Å². The second-order valence-corrected chi connectivity index (χ2v) is 6.72. The number of halogens is 1. The highest BCUT2D eigenvalue weighted by Gasteiger charge is 2.04. The number of hydrogen-bond acceptors (Lipinski definition) is 5. The first kappa shape index (κ1) is 20.2. The smallest absolute Gasteiger partial charge is 0.259 e. The van der Waals surface area contributed by atoms with Crippen LogP contribution in [-0.4, -0.2) is 18.7 Å². The van der Waals surface area contributed by atoms with Gasteiger partial charge in [-0.15, -0.1) is 0 Å². The molecule has 0 aliphatic heterocycles. The zero-order valence-electron chi connectivity index (χ0n) is 16.5. The molecule has 0 radical (unpaired) electrons. The van der Waals surface area contributed by atoms with Gasteiger partial charge in [0.2, 0.25) is 0 Å². The third-order valence-electron chi connectivity index (χ3n) is 4.49. The molecular weight excluding hydrogens is 397 g/mol. The number of carbonyl (C=O) groups excluding carboxylic acids is 1. The molecule has 0 saturated carbocycles. The summed E-state index contributed by atoms with van der Waals surface area (Å²) < 4.78 is 24.0. The van der Waals surface area contributed by atoms with E-state index < -0.39 is 0 Å². The monoisotopic (exact) mass is 417 g/mol. The van der Waals surface area contributed by atoms with E-state index in [2.05, 4.69) is 15.8 Å². The van der Waals surface area contributed by atoms with Crippen LogP contribution in [0.3, 0.4) is 0 Å². The van der Waals surface area contributed by atoms with Crippen molar-refractivity contribution in [3.63, 3.8) is 0 Å². The van der Waals surface area contributed by atoms with Crippen molar-refractivity contribution in [2.24, 2.45) is 5.10 Å². The average molecular weight is 417 g/mol. The number of fused-ring (bicyclic) bond motifs is 1. The van der Waals surface area contributed by atoms with Gasteiger partial charge in [-0.05, 0) is 47.9 Å². The summed E-state index contributed by atoms with van der Waals surface area (Å²) in [7, 11) is 0. The van der Waals surface area contributed by atoms with Gasteiger partial charge in [-0.1, -0.05) is 36.4 Å². The lowest BCUT2D eigenvalue weighted by atomic mass is 10.1. The second-order valence-electron chi connectivity index (χ2n) is 6.72. The van der Waals surface area contributed by atoms with Gasteiger partial charge in [0, 0.05) is 11.1 Å². The van der Waals surface area contributed by atoms with Crippen LogP contribution >= 0.6 is 0 Å². The lowest BCUT2D eigenvalue weighted by molar-refractivity contribution is -0.119. The molecule has 6 nitrogen and oxygen atoms in total. The van der Waals surface area contributed by atoms with Gasteiger partial charge in [-0.2, -0.15) is 5.10 Å². The second kappa shape index (κ2) is 9.58. The van der Waals surface area contributed by atoms with Crippen LogP contribution in [0.5, 0.6) is 5.75 Å². The molecule has 0 fully saturated rings. The fraction of sp³-hybridized carbons (Fsp3) is 0.0833. The molecule has 4 aromatic rings. The maximum atomic E-state index is 12.9. The van der Waals surface area contributed by atoms with Crippen molar-refractivity contribution in [1.29, 1.82) is 0 Å². The van der Waals surface area contributed by atoms with E-state index in [0.29, 0.717) is 17.3 Å². The SMILES string of the molecule is O=C(CNc1cccc2ccccc12)N/N=C\c1ccc(COc2ccc(F)cc2)o1. The van der Waals surface area contributed by atoms with E-state index in [4.69, 9.17) is 9.15 Å². The molecule has 0 spiro atoms. The summed E-state index contributed by atoms with van der Waals surface area (Å²) in [6.07, 6.45) is 1.41. The fourth-order valence-electron chi connectivity index (χ4n) is 2.99. The lowest BCUT2D eigenvalue weighted by Crippen LogP contribution is -2.25. The average Bonchev–Trinajstić information content (AvgIpc) is 3.25. The molecule has 3 aromatic carbocycles. The van der Waals surface area contributed by atoms with Crippen molar-refractivity contribution in [3.8, 4) is 5.75 Å². The predicted molar refractivity (Wildman–Crippen MR) is 118 cm³/mol. The number of carbonyl (C=O) groups is 1. The van der Waals surface area contributed by atoms with E-state index in [0.717, 1.165) is 16.5 Å². The van der Waals surface area contributed by atoms with Crippen molar-refractivity contribution >= 4 is 28.6 Å². The number of nitrogens with one attached hydrogen (secondary N) is 2. The molecule has 4 rings (SSSR count). The third kappa shape index (κ3) is 5.48. The molecule has 0 aliphatic rings. The highest BCUT2D eigenvalue weighted by Crippen LogP contribution is 2.22. The molecule has 1 heterocycles. The number of ether oxygens (including phenoxy) is 1. The predicted octanol–water partition coefficient (Wildman–Crippen LogP) is 4.71. The van der Waals surface area contributed by atoms with Crippen molar-refractivity contribution in [1.82, 2.24) is 5.43 Å². The van der Waals surface area contributed by atoms with Gasteiger partial charge in [0.1, 0.15) is 29.7 Å². The zero-order chi connectivity index (χ0) is 21.5. The van der Waals surface area contributed by atoms with Gasteiger partial charge in [0.05, 0.1) is 12.8 Å². The van der Waals surface area contributed by atoms with Gasteiger partial charge >= 0.3 is 0 Å². The standard InChI is InChI=1S/C24H20FN3O3/c25-18-8-10-19(11-9-18)30-16-21-13-12-20(31-21)14-27-28-24(29)15-26-23-7-3-5-17-4-1-2-6-22(17)23/h1-14,26H,15-16H2,(H,28,29)/b27-14-. The Morgan fingerprint density at radius 2 is 1.81 bits per heavy atom. The summed E-state index contributed by atoms with van der Waals surface area (Å²) in [5, 5.41) is 9.19. The molecule has 0 saturated heterocycles. The summed E-state index contributed by atoms with van der Waals surface area (Å²) in [4.78, 5) is 12.1. The molecule has 1 amide bonds. The highest BCUT2D eigenvalue weighted by atomic mass is 19.1. The molecule has 7 heteroatoms. The number of anilines is 1. The van der Waals surface area contributed by atoms with E-state index in [9.17, 15) is 9.18 Å². The van der Waals surface area contributed by atoms with E-state index in [1.165, 1.54) is 18.3 Å². The van der Waals surface area contributed by atoms with Crippen molar-refractivity contribution in [2.75, 3.05) is 11.9 Å². The number of hydrogen-bond donors (Lipinski definition) is 2. The minimum atomic E-state index is -0.321. The van der Waals surface area contributed by atoms with Crippen LogP contribution in [0.4, 0.5) is 10.1 Å². The Bertz CT molecular complexity index is 1200. The summed E-state index contributed by atoms with van der Waals surface area (Å²) in [6.45, 7) is 0.279. The first-order chi connectivity index (χ1) is 15.2. The van der Waals surface area contributed by atoms with Crippen LogP contribution < -0.4 is 15.5 Å². The Labute approximate surface area is 178 Å². The fourth-order valence-corrected chi connectivity index (χ4v) is 2.99. The largest absolute Gasteiger partial charge is 0.486 e. The molecular formula is C24H20FN3O3. The van der Waals surface area contributed by atoms with Gasteiger partial charge < -0.3 is 14.5 Å². The minimum absolute atomic E-state index is 0.0836. The molecule has 2 N–H and O–H groups in total. The zero-order valence-corrected chi connectivity index (χ0v) is 16.5. The number of benzene rings is 3. The number of amides is 1. The lowest BCUT2D eigenvalue weighted by Gasteiger charge is -2.08. The Morgan fingerprint density at radius 3 is 2.68 bits per heavy atom. The summed E-state index contributed by atoms with van der Waals surface area (Å²) >= 11 is 0. The van der Waals surface area contributed by atoms with Gasteiger partial charge in [-0.3, -0.25) is 4.79 Å². The molecule has 0 bridgehead atoms. The van der Waals surface area contributed by atoms with Crippen molar-refractivity contribution < 1.29 is 18.3 Å². The maximum absolute atomic E-state index is 12.9. The number of nitrogens with zero attached hydrogens (tertiary/aromatic N) is 1. The number of rotatable bonds is 8. The van der Waals surface area contributed by atoms with Gasteiger partial charge in [0.15, 0.2) is 0 Å². The van der Waals surface area contributed by atoms with Gasteiger partial charge in [-0.25, -0.2) is 9.82 Å². The Balaban J connectivity index is 1.25. The normalized spacial score (nSPS) is 11.0. The highest BCUT2D eigenvalue weighted by molar-refractivity contribution is 5.95. The molecule has 0 atom stereocenters. The molecule has 31 heavy (non-hydrogen) atoms. The number of hydrazone groups is 1. The van der Waals surface area contributed by atoms with Gasteiger partial charge in [0.25, 0.3) is 5.91 Å². The van der Waals surface area contributed by atoms with Crippen molar-refractivity contribution in [2.45, 2.75) is 6.61 Å². The first-order valence-electron chi connectivity index (χ1n) is 9.68. The first-order valence-corrected chi connectivity index (χ1v) is 9.68. The Hall–Kier alpha value is -4.13. The Kier molecular flexibility index (Phi) is 6.23. The van der Waals surface area contributed by atoms with Crippen LogP contribution in [0.2, 0.25) is 0 Å². The third-order valence-corrected chi connectivity index (χ3v) is 4.49. The van der Waals surface area contributed by atoms with E-state index in [1.54, 1.807) is 24.3 Å². The van der Waals surface area contributed by atoms with E-state index in [-0.39, 0.29) is 24.9 Å². The molecule has 156 valence electrons. The van der Waals surface area contributed by atoms with E-state index >= 15 is 0 Å². The number of furan rings is 1. The van der Waals surface area contributed by atoms with Crippen LogP contribution in [0.25, 0.3) is 10.8 Å². The summed E-state index contributed by atoms with van der Waals surface area (Å²) in [5.41, 5.74) is 3.35. The molecule has 0 unspecified atom stereocenters. The van der Waals surface area contributed by atoms with Crippen molar-refractivity contribution in [3.05, 3.63) is 96.2 Å². The van der Waals surface area contributed by atoms with Crippen LogP contribution in [-0.2, 0) is 11.4 Å². The molecule has 1 aromatic heterocycles.